The molecule has 4 aromatic rings. The van der Waals surface area contributed by atoms with Crippen molar-refractivity contribution in [2.45, 2.75) is 6.54 Å². The third-order valence-corrected chi connectivity index (χ3v) is 4.49. The Bertz CT molecular complexity index is 1090. The zero-order valence-corrected chi connectivity index (χ0v) is 17.4. The lowest BCUT2D eigenvalue weighted by atomic mass is 10.1. The van der Waals surface area contributed by atoms with E-state index in [1.165, 1.54) is 0 Å². The van der Waals surface area contributed by atoms with Gasteiger partial charge in [-0.25, -0.2) is 4.98 Å². The third-order valence-electron chi connectivity index (χ3n) is 4.03. The zero-order chi connectivity index (χ0) is 18.6. The first-order chi connectivity index (χ1) is 13.2. The van der Waals surface area contributed by atoms with Gasteiger partial charge in [0, 0.05) is 36.1 Å². The first-order valence-corrected chi connectivity index (χ1v) is 9.89. The molecule has 3 heterocycles. The normalized spacial score (nSPS) is 10.7. The van der Waals surface area contributed by atoms with Gasteiger partial charge in [0.25, 0.3) is 0 Å². The molecule has 0 spiro atoms. The molecule has 1 N–H and O–H groups in total. The van der Waals surface area contributed by atoms with Crippen molar-refractivity contribution in [1.82, 2.24) is 19.6 Å². The van der Waals surface area contributed by atoms with Crippen molar-refractivity contribution in [3.8, 4) is 11.3 Å². The molecule has 0 unspecified atom stereocenters. The molecule has 5 nitrogen and oxygen atoms in total. The molecule has 27 heavy (non-hydrogen) atoms. The summed E-state index contributed by atoms with van der Waals surface area (Å²) in [7, 11) is 0. The van der Waals surface area contributed by atoms with Gasteiger partial charge in [-0.2, -0.15) is 9.61 Å². The molecule has 4 rings (SSSR count). The van der Waals surface area contributed by atoms with Crippen LogP contribution in [0, 0.1) is 0 Å². The number of fused-ring (bicyclic) bond motifs is 1. The van der Waals surface area contributed by atoms with E-state index < -0.39 is 0 Å². The van der Waals surface area contributed by atoms with Gasteiger partial charge in [-0.3, -0.25) is 4.98 Å². The van der Waals surface area contributed by atoms with Gasteiger partial charge in [-0.15, -0.1) is 0 Å². The third kappa shape index (κ3) is 4.09. The molecular weight excluding hydrogens is 470 g/mol. The van der Waals surface area contributed by atoms with Crippen LogP contribution < -0.4 is 5.32 Å². The van der Waals surface area contributed by atoms with E-state index in [1.54, 1.807) is 12.4 Å². The Morgan fingerprint density at radius 2 is 1.93 bits per heavy atom. The second-order valence-corrected chi connectivity index (χ2v) is 8.65. The van der Waals surface area contributed by atoms with E-state index in [-0.39, 0.29) is 0 Å². The fourth-order valence-electron chi connectivity index (χ4n) is 2.78. The topological polar surface area (TPSA) is 55.1 Å². The monoisotopic (exact) mass is 483 g/mol. The molecule has 0 aliphatic heterocycles. The number of anilines is 1. The maximum atomic E-state index is 4.84. The van der Waals surface area contributed by atoms with Gasteiger partial charge >= 0.3 is 0 Å². The number of hydrogen-bond acceptors (Lipinski definition) is 4. The van der Waals surface area contributed by atoms with Gasteiger partial charge in [0.15, 0.2) is 5.65 Å². The molecule has 1 aromatic carbocycles. The number of nitrogens with zero attached hydrogens (tertiary/aromatic N) is 4. The van der Waals surface area contributed by atoms with Crippen LogP contribution in [0.3, 0.4) is 0 Å². The van der Waals surface area contributed by atoms with Crippen molar-refractivity contribution < 1.29 is 0 Å². The fourth-order valence-corrected chi connectivity index (χ4v) is 3.27. The van der Waals surface area contributed by atoms with Crippen LogP contribution in [0.4, 0.5) is 5.82 Å². The Hall–Kier alpha value is -2.51. The molecule has 3 aromatic heterocycles. The maximum absolute atomic E-state index is 4.84. The van der Waals surface area contributed by atoms with Gasteiger partial charge in [0.05, 0.1) is 15.3 Å². The second kappa shape index (κ2) is 8.02. The van der Waals surface area contributed by atoms with Crippen molar-refractivity contribution in [2.24, 2.45) is 0 Å². The highest BCUT2D eigenvalue weighted by Crippen LogP contribution is 2.26. The highest BCUT2D eigenvalue weighted by atomic mass is 79.9. The SMILES string of the molecule is BrC(Br)=Cc1cnn2c(NCc3cccnc3)cc(-c3ccccc3)nc12. The van der Waals surface area contributed by atoms with E-state index >= 15 is 0 Å². The zero-order valence-electron chi connectivity index (χ0n) is 14.2. The van der Waals surface area contributed by atoms with Crippen LogP contribution in [0.5, 0.6) is 0 Å². The summed E-state index contributed by atoms with van der Waals surface area (Å²) in [4.78, 5) is 9.00. The second-order valence-electron chi connectivity index (χ2n) is 5.88. The van der Waals surface area contributed by atoms with Crippen LogP contribution in [0.25, 0.3) is 23.0 Å². The Kier molecular flexibility index (Phi) is 5.31. The summed E-state index contributed by atoms with van der Waals surface area (Å²) in [5.74, 6) is 0.869. The fraction of sp³-hybridized carbons (Fsp3) is 0.0500. The molecule has 0 atom stereocenters. The Morgan fingerprint density at radius 3 is 2.67 bits per heavy atom. The number of hydrogen-bond donors (Lipinski definition) is 1. The highest BCUT2D eigenvalue weighted by Gasteiger charge is 2.12. The summed E-state index contributed by atoms with van der Waals surface area (Å²) in [6, 6.07) is 16.1. The first-order valence-electron chi connectivity index (χ1n) is 8.30. The molecule has 134 valence electrons. The summed E-state index contributed by atoms with van der Waals surface area (Å²) in [5, 5.41) is 7.97. The molecule has 0 saturated heterocycles. The lowest BCUT2D eigenvalue weighted by Crippen LogP contribution is -2.07. The standard InChI is InChI=1S/C20H15Br2N5/c21-18(22)9-16-13-25-27-19(24-12-14-5-4-8-23-11-14)10-17(26-20(16)27)15-6-2-1-3-7-15/h1-11,13,24H,12H2. The molecule has 0 fully saturated rings. The lowest BCUT2D eigenvalue weighted by Gasteiger charge is -2.11. The van der Waals surface area contributed by atoms with E-state index in [0.29, 0.717) is 6.54 Å². The predicted octanol–water partition coefficient (Wildman–Crippen LogP) is 5.49. The van der Waals surface area contributed by atoms with E-state index in [4.69, 9.17) is 4.98 Å². The van der Waals surface area contributed by atoms with E-state index in [2.05, 4.69) is 59.4 Å². The molecule has 0 bridgehead atoms. The first kappa shape index (κ1) is 17.9. The van der Waals surface area contributed by atoms with Crippen LogP contribution in [0.1, 0.15) is 11.1 Å². The molecule has 0 radical (unpaired) electrons. The summed E-state index contributed by atoms with van der Waals surface area (Å²) >= 11 is 6.83. The van der Waals surface area contributed by atoms with Gasteiger partial charge in [0.1, 0.15) is 5.82 Å². The Morgan fingerprint density at radius 1 is 1.07 bits per heavy atom. The average molecular weight is 485 g/mol. The van der Waals surface area contributed by atoms with Crippen molar-refractivity contribution >= 4 is 49.4 Å². The van der Waals surface area contributed by atoms with Gasteiger partial charge in [-0.1, -0.05) is 36.4 Å². The molecule has 7 heteroatoms. The minimum atomic E-state index is 0.647. The van der Waals surface area contributed by atoms with Gasteiger partial charge in [-0.05, 0) is 49.6 Å². The number of pyridine rings is 1. The summed E-state index contributed by atoms with van der Waals surface area (Å²) < 4.78 is 2.65. The van der Waals surface area contributed by atoms with Crippen molar-refractivity contribution in [1.29, 1.82) is 0 Å². The Labute approximate surface area is 173 Å². The molecule has 0 amide bonds. The van der Waals surface area contributed by atoms with Crippen LogP contribution in [0.2, 0.25) is 0 Å². The van der Waals surface area contributed by atoms with Gasteiger partial charge in [0.2, 0.25) is 0 Å². The average Bonchev–Trinajstić information content (AvgIpc) is 3.10. The van der Waals surface area contributed by atoms with Crippen LogP contribution in [-0.4, -0.2) is 19.6 Å². The number of nitrogens with one attached hydrogen (secondary N) is 1. The van der Waals surface area contributed by atoms with Crippen LogP contribution >= 0.6 is 31.9 Å². The maximum Gasteiger partial charge on any atom is 0.165 e. The molecular formula is C20H15Br2N5. The number of rotatable bonds is 5. The minimum Gasteiger partial charge on any atom is -0.366 e. The summed E-state index contributed by atoms with van der Waals surface area (Å²) in [6.07, 6.45) is 7.36. The van der Waals surface area contributed by atoms with Crippen molar-refractivity contribution in [3.05, 3.63) is 81.6 Å². The van der Waals surface area contributed by atoms with Crippen LogP contribution in [-0.2, 0) is 6.54 Å². The van der Waals surface area contributed by atoms with Crippen molar-refractivity contribution in [3.63, 3.8) is 0 Å². The number of aromatic nitrogens is 4. The molecule has 0 saturated carbocycles. The molecule has 0 aliphatic rings. The quantitative estimate of drug-likeness (QED) is 0.406. The summed E-state index contributed by atoms with van der Waals surface area (Å²) in [6.45, 7) is 0.647. The highest BCUT2D eigenvalue weighted by molar-refractivity contribution is 9.28. The van der Waals surface area contributed by atoms with Gasteiger partial charge < -0.3 is 5.32 Å². The van der Waals surface area contributed by atoms with Crippen molar-refractivity contribution in [2.75, 3.05) is 5.32 Å². The predicted molar refractivity (Wildman–Crippen MR) is 116 cm³/mol. The smallest absolute Gasteiger partial charge is 0.165 e. The van der Waals surface area contributed by atoms with E-state index in [0.717, 1.165) is 37.2 Å². The minimum absolute atomic E-state index is 0.647. The van der Waals surface area contributed by atoms with E-state index in [1.807, 2.05) is 53.2 Å². The van der Waals surface area contributed by atoms with Crippen LogP contribution in [0.15, 0.2) is 70.5 Å². The molecule has 0 aliphatic carbocycles. The number of benzene rings is 1. The lowest BCUT2D eigenvalue weighted by molar-refractivity contribution is 0.925. The van der Waals surface area contributed by atoms with E-state index in [9.17, 15) is 0 Å². The Balaban J connectivity index is 1.80. The largest absolute Gasteiger partial charge is 0.366 e. The summed E-state index contributed by atoms with van der Waals surface area (Å²) in [5.41, 5.74) is 4.73. The number of halogens is 2.